The third-order valence-corrected chi connectivity index (χ3v) is 7.45. The number of nitrogens with zero attached hydrogens (tertiary/aromatic N) is 1. The zero-order valence-corrected chi connectivity index (χ0v) is 21.0. The molecule has 1 heterocycles. The first kappa shape index (κ1) is 24.6. The van der Waals surface area contributed by atoms with Crippen LogP contribution in [0.2, 0.25) is 0 Å². The van der Waals surface area contributed by atoms with Crippen molar-refractivity contribution in [3.05, 3.63) is 93.9 Å². The van der Waals surface area contributed by atoms with E-state index in [-0.39, 0.29) is 33.1 Å². The lowest BCUT2D eigenvalue weighted by atomic mass is 10.1. The molecule has 0 bridgehead atoms. The van der Waals surface area contributed by atoms with Crippen molar-refractivity contribution in [3.63, 3.8) is 0 Å². The highest BCUT2D eigenvalue weighted by Gasteiger charge is 2.35. The number of aryl methyl sites for hydroxylation is 2. The Labute approximate surface area is 208 Å². The zero-order valence-electron chi connectivity index (χ0n) is 19.3. The summed E-state index contributed by atoms with van der Waals surface area (Å²) in [4.78, 5) is 26.9. The molecule has 0 aromatic heterocycles. The molecule has 3 aromatic rings. The molecule has 1 saturated heterocycles. The molecule has 180 valence electrons. The van der Waals surface area contributed by atoms with Gasteiger partial charge in [0.15, 0.2) is 11.5 Å². The molecule has 0 unspecified atom stereocenters. The molecule has 35 heavy (non-hydrogen) atoms. The summed E-state index contributed by atoms with van der Waals surface area (Å²) in [6.07, 6.45) is 1.53. The van der Waals surface area contributed by atoms with Gasteiger partial charge in [0.1, 0.15) is 4.90 Å². The molecule has 1 aliphatic rings. The minimum Gasteiger partial charge on any atom is -0.493 e. The first-order chi connectivity index (χ1) is 16.7. The average Bonchev–Trinajstić information content (AvgIpc) is 3.06. The molecular formula is C26H23NO6S2. The van der Waals surface area contributed by atoms with Gasteiger partial charge >= 0.3 is 10.1 Å². The number of carbonyl (C=O) groups excluding carboxylic acids is 2. The van der Waals surface area contributed by atoms with Crippen LogP contribution in [0.15, 0.2) is 76.5 Å². The average molecular weight is 510 g/mol. The molecule has 7 nitrogen and oxygen atoms in total. The molecule has 0 spiro atoms. The maximum atomic E-state index is 12.9. The van der Waals surface area contributed by atoms with Gasteiger partial charge in [0.05, 0.1) is 18.6 Å². The third kappa shape index (κ3) is 5.58. The predicted molar refractivity (Wildman–Crippen MR) is 135 cm³/mol. The van der Waals surface area contributed by atoms with E-state index in [1.165, 1.54) is 36.3 Å². The molecule has 0 radical (unpaired) electrons. The molecule has 2 amide bonds. The third-order valence-electron chi connectivity index (χ3n) is 5.29. The highest BCUT2D eigenvalue weighted by Crippen LogP contribution is 2.36. The second-order valence-corrected chi connectivity index (χ2v) is 10.6. The summed E-state index contributed by atoms with van der Waals surface area (Å²) < 4.78 is 36.2. The quantitative estimate of drug-likeness (QED) is 0.315. The SMILES string of the molecule is COc1ccc(/C=C2\SC(=O)N(Cc3cccc(C)c3)C2=O)cc1OS(=O)(=O)c1ccc(C)cc1. The van der Waals surface area contributed by atoms with E-state index in [9.17, 15) is 18.0 Å². The van der Waals surface area contributed by atoms with E-state index in [4.69, 9.17) is 8.92 Å². The summed E-state index contributed by atoms with van der Waals surface area (Å²) in [5.41, 5.74) is 3.30. The molecular weight excluding hydrogens is 486 g/mol. The molecule has 1 fully saturated rings. The molecule has 0 aliphatic carbocycles. The van der Waals surface area contributed by atoms with Gasteiger partial charge in [-0.15, -0.1) is 0 Å². The van der Waals surface area contributed by atoms with Gasteiger partial charge in [-0.1, -0.05) is 53.6 Å². The first-order valence-corrected chi connectivity index (χ1v) is 12.9. The van der Waals surface area contributed by atoms with Crippen LogP contribution in [0.5, 0.6) is 11.5 Å². The van der Waals surface area contributed by atoms with Crippen molar-refractivity contribution in [2.45, 2.75) is 25.3 Å². The second kappa shape index (κ2) is 9.97. The zero-order chi connectivity index (χ0) is 25.2. The maximum Gasteiger partial charge on any atom is 0.339 e. The number of rotatable bonds is 7. The van der Waals surface area contributed by atoms with Crippen LogP contribution in [0, 0.1) is 13.8 Å². The van der Waals surface area contributed by atoms with Crippen LogP contribution in [0.1, 0.15) is 22.3 Å². The number of thioether (sulfide) groups is 1. The number of methoxy groups -OCH3 is 1. The van der Waals surface area contributed by atoms with Crippen molar-refractivity contribution >= 4 is 39.1 Å². The predicted octanol–water partition coefficient (Wildman–Crippen LogP) is 5.32. The number of ether oxygens (including phenoxy) is 1. The minimum atomic E-state index is -4.11. The molecule has 0 N–H and O–H groups in total. The number of benzene rings is 3. The lowest BCUT2D eigenvalue weighted by Gasteiger charge is -2.13. The standard InChI is InChI=1S/C26H23NO6S2/c1-17-7-10-21(11-8-17)35(30,31)33-23-14-19(9-12-22(23)32-3)15-24-25(28)27(26(29)34-24)16-20-6-4-5-18(2)13-20/h4-15H,16H2,1-3H3/b24-15-. The maximum absolute atomic E-state index is 12.9. The molecule has 1 aliphatic heterocycles. The Balaban J connectivity index is 1.59. The van der Waals surface area contributed by atoms with Gasteiger partial charge in [0.25, 0.3) is 11.1 Å². The Morgan fingerprint density at radius 1 is 0.914 bits per heavy atom. The van der Waals surface area contributed by atoms with Crippen LogP contribution >= 0.6 is 11.8 Å². The van der Waals surface area contributed by atoms with Crippen molar-refractivity contribution in [2.24, 2.45) is 0 Å². The molecule has 0 saturated carbocycles. The van der Waals surface area contributed by atoms with Crippen molar-refractivity contribution in [3.8, 4) is 11.5 Å². The molecule has 3 aromatic carbocycles. The van der Waals surface area contributed by atoms with Crippen LogP contribution in [-0.4, -0.2) is 31.6 Å². The molecule has 9 heteroatoms. The van der Waals surface area contributed by atoms with Gasteiger partial charge in [0, 0.05) is 0 Å². The van der Waals surface area contributed by atoms with Crippen molar-refractivity contribution in [2.75, 3.05) is 7.11 Å². The van der Waals surface area contributed by atoms with Gasteiger partial charge in [-0.05, 0) is 67.1 Å². The van der Waals surface area contributed by atoms with Gasteiger partial charge in [0.2, 0.25) is 0 Å². The Morgan fingerprint density at radius 2 is 1.66 bits per heavy atom. The van der Waals surface area contributed by atoms with Crippen molar-refractivity contribution in [1.29, 1.82) is 0 Å². The van der Waals surface area contributed by atoms with E-state index in [1.807, 2.05) is 38.1 Å². The molecule has 0 atom stereocenters. The Bertz CT molecular complexity index is 1430. The normalized spacial score (nSPS) is 15.1. The fourth-order valence-electron chi connectivity index (χ4n) is 3.50. The number of amides is 2. The monoisotopic (exact) mass is 509 g/mol. The van der Waals surface area contributed by atoms with Crippen LogP contribution in [0.3, 0.4) is 0 Å². The largest absolute Gasteiger partial charge is 0.493 e. The van der Waals surface area contributed by atoms with E-state index < -0.39 is 16.0 Å². The van der Waals surface area contributed by atoms with E-state index in [0.717, 1.165) is 28.5 Å². The fourth-order valence-corrected chi connectivity index (χ4v) is 5.27. The fraction of sp³-hybridized carbons (Fsp3) is 0.154. The van der Waals surface area contributed by atoms with E-state index >= 15 is 0 Å². The number of hydrogen-bond acceptors (Lipinski definition) is 7. The lowest BCUT2D eigenvalue weighted by molar-refractivity contribution is -0.123. The van der Waals surface area contributed by atoms with Crippen LogP contribution in [-0.2, 0) is 21.5 Å². The van der Waals surface area contributed by atoms with Crippen LogP contribution in [0.4, 0.5) is 4.79 Å². The highest BCUT2D eigenvalue weighted by atomic mass is 32.2. The van der Waals surface area contributed by atoms with E-state index in [2.05, 4.69) is 0 Å². The van der Waals surface area contributed by atoms with E-state index in [1.54, 1.807) is 24.3 Å². The van der Waals surface area contributed by atoms with Gasteiger partial charge in [-0.25, -0.2) is 0 Å². The van der Waals surface area contributed by atoms with Crippen LogP contribution < -0.4 is 8.92 Å². The van der Waals surface area contributed by atoms with Crippen molar-refractivity contribution < 1.29 is 26.9 Å². The summed E-state index contributed by atoms with van der Waals surface area (Å²) in [5, 5.41) is -0.366. The summed E-state index contributed by atoms with van der Waals surface area (Å²) in [6.45, 7) is 3.97. The van der Waals surface area contributed by atoms with Crippen molar-refractivity contribution in [1.82, 2.24) is 4.90 Å². The lowest BCUT2D eigenvalue weighted by Crippen LogP contribution is -2.27. The topological polar surface area (TPSA) is 90.0 Å². The number of imide groups is 1. The second-order valence-electron chi connectivity index (χ2n) is 8.02. The summed E-state index contributed by atoms with van der Waals surface area (Å²) >= 11 is 0.835. The van der Waals surface area contributed by atoms with Gasteiger partial charge < -0.3 is 8.92 Å². The highest BCUT2D eigenvalue weighted by molar-refractivity contribution is 8.18. The number of carbonyl (C=O) groups is 2. The smallest absolute Gasteiger partial charge is 0.339 e. The van der Waals surface area contributed by atoms with E-state index in [0.29, 0.717) is 5.56 Å². The first-order valence-electron chi connectivity index (χ1n) is 10.7. The summed E-state index contributed by atoms with van der Waals surface area (Å²) in [7, 11) is -2.71. The van der Waals surface area contributed by atoms with Crippen LogP contribution in [0.25, 0.3) is 6.08 Å². The Morgan fingerprint density at radius 3 is 2.34 bits per heavy atom. The minimum absolute atomic E-state index is 0.00724. The Kier molecular flexibility index (Phi) is 7.00. The summed E-state index contributed by atoms with van der Waals surface area (Å²) in [5.74, 6) is -0.224. The van der Waals surface area contributed by atoms with Gasteiger partial charge in [-0.2, -0.15) is 8.42 Å². The Hall–Kier alpha value is -3.56. The summed E-state index contributed by atoms with van der Waals surface area (Å²) in [6, 6.07) is 18.5. The number of hydrogen-bond donors (Lipinski definition) is 0. The van der Waals surface area contributed by atoms with Gasteiger partial charge in [-0.3, -0.25) is 14.5 Å². The molecule has 4 rings (SSSR count).